The fourth-order valence-corrected chi connectivity index (χ4v) is 3.00. The number of carbonyl (C=O) groups is 1. The fraction of sp³-hybridized carbons (Fsp3) is 0.267. The van der Waals surface area contributed by atoms with E-state index in [1.54, 1.807) is 30.5 Å². The van der Waals surface area contributed by atoms with Gasteiger partial charge in [-0.15, -0.1) is 0 Å². The van der Waals surface area contributed by atoms with Gasteiger partial charge in [0.15, 0.2) is 11.5 Å². The lowest BCUT2D eigenvalue weighted by Gasteiger charge is -2.22. The van der Waals surface area contributed by atoms with Crippen molar-refractivity contribution in [1.82, 2.24) is 24.3 Å². The number of sulfone groups is 1. The van der Waals surface area contributed by atoms with Crippen LogP contribution < -0.4 is 4.90 Å². The van der Waals surface area contributed by atoms with E-state index >= 15 is 0 Å². The van der Waals surface area contributed by atoms with E-state index in [4.69, 9.17) is 0 Å². The molecule has 0 radical (unpaired) electrons. The Morgan fingerprint density at radius 2 is 1.96 bits per heavy atom. The lowest BCUT2D eigenvalue weighted by Crippen LogP contribution is -2.36. The number of fused-ring (bicyclic) bond motifs is 1. The van der Waals surface area contributed by atoms with Crippen molar-refractivity contribution in [2.24, 2.45) is 0 Å². The van der Waals surface area contributed by atoms with Gasteiger partial charge in [0.25, 0.3) is 0 Å². The van der Waals surface area contributed by atoms with Gasteiger partial charge in [0, 0.05) is 30.9 Å². The first-order chi connectivity index (χ1) is 12.2. The summed E-state index contributed by atoms with van der Waals surface area (Å²) in [5, 5.41) is 9.17. The van der Waals surface area contributed by atoms with Crippen LogP contribution >= 0.6 is 0 Å². The molecule has 0 fully saturated rings. The van der Waals surface area contributed by atoms with Crippen molar-refractivity contribution in [3.05, 3.63) is 30.9 Å². The van der Waals surface area contributed by atoms with Crippen molar-refractivity contribution in [1.29, 1.82) is 0 Å². The SMILES string of the molecule is CC(C)N(C(=O)O)c1nccn2c(-c3ccnc(S(C)(=O)=O)n3)cnc12. The van der Waals surface area contributed by atoms with Crippen molar-refractivity contribution < 1.29 is 18.3 Å². The van der Waals surface area contributed by atoms with E-state index in [1.165, 1.54) is 18.6 Å². The Morgan fingerprint density at radius 1 is 1.23 bits per heavy atom. The van der Waals surface area contributed by atoms with Gasteiger partial charge in [0.1, 0.15) is 0 Å². The van der Waals surface area contributed by atoms with E-state index < -0.39 is 15.9 Å². The first kappa shape index (κ1) is 17.7. The molecule has 0 aliphatic carbocycles. The van der Waals surface area contributed by atoms with Crippen molar-refractivity contribution in [2.75, 3.05) is 11.2 Å². The number of carboxylic acid groups (broad SMARTS) is 1. The Balaban J connectivity index is 2.20. The molecule has 0 spiro atoms. The van der Waals surface area contributed by atoms with E-state index in [2.05, 4.69) is 19.9 Å². The van der Waals surface area contributed by atoms with Gasteiger partial charge >= 0.3 is 6.09 Å². The van der Waals surface area contributed by atoms with E-state index in [9.17, 15) is 18.3 Å². The van der Waals surface area contributed by atoms with Crippen LogP contribution in [0, 0.1) is 0 Å². The Hall–Kier alpha value is -3.08. The normalized spacial score (nSPS) is 11.8. The van der Waals surface area contributed by atoms with Gasteiger partial charge in [-0.25, -0.2) is 33.1 Å². The van der Waals surface area contributed by atoms with Crippen molar-refractivity contribution in [3.8, 4) is 11.4 Å². The molecule has 0 saturated heterocycles. The molecular formula is C15H16N6O4S. The molecule has 1 amide bonds. The van der Waals surface area contributed by atoms with Crippen LogP contribution in [0.2, 0.25) is 0 Å². The van der Waals surface area contributed by atoms with Gasteiger partial charge in [-0.2, -0.15) is 0 Å². The summed E-state index contributed by atoms with van der Waals surface area (Å²) in [6.07, 6.45) is 5.75. The predicted octanol–water partition coefficient (Wildman–Crippen LogP) is 1.48. The average molecular weight is 376 g/mol. The number of imidazole rings is 1. The number of aromatic nitrogens is 5. The molecule has 0 aliphatic rings. The highest BCUT2D eigenvalue weighted by atomic mass is 32.2. The van der Waals surface area contributed by atoms with Crippen LogP contribution in [0.15, 0.2) is 36.0 Å². The highest BCUT2D eigenvalue weighted by Gasteiger charge is 2.24. The summed E-state index contributed by atoms with van der Waals surface area (Å²) < 4.78 is 25.0. The van der Waals surface area contributed by atoms with Gasteiger partial charge in [-0.1, -0.05) is 0 Å². The second-order valence-electron chi connectivity index (χ2n) is 5.83. The number of hydrogen-bond donors (Lipinski definition) is 1. The summed E-state index contributed by atoms with van der Waals surface area (Å²) in [6.45, 7) is 3.46. The molecule has 0 atom stereocenters. The third-order valence-corrected chi connectivity index (χ3v) is 4.45. The summed E-state index contributed by atoms with van der Waals surface area (Å²) in [5.41, 5.74) is 1.15. The first-order valence-electron chi connectivity index (χ1n) is 7.58. The lowest BCUT2D eigenvalue weighted by atomic mass is 10.3. The van der Waals surface area contributed by atoms with Gasteiger partial charge in [-0.05, 0) is 19.9 Å². The van der Waals surface area contributed by atoms with Crippen LogP contribution in [0.1, 0.15) is 13.8 Å². The topological polar surface area (TPSA) is 131 Å². The maximum Gasteiger partial charge on any atom is 0.413 e. The molecule has 0 bridgehead atoms. The number of amides is 1. The van der Waals surface area contributed by atoms with Crippen molar-refractivity contribution in [2.45, 2.75) is 25.0 Å². The zero-order valence-corrected chi connectivity index (χ0v) is 15.0. The second kappa shape index (κ2) is 6.33. The second-order valence-corrected chi connectivity index (χ2v) is 7.74. The molecule has 26 heavy (non-hydrogen) atoms. The molecule has 10 nitrogen and oxygen atoms in total. The maximum absolute atomic E-state index is 11.7. The number of nitrogens with zero attached hydrogens (tertiary/aromatic N) is 6. The van der Waals surface area contributed by atoms with Crippen molar-refractivity contribution in [3.63, 3.8) is 0 Å². The molecule has 3 aromatic heterocycles. The van der Waals surface area contributed by atoms with E-state index in [0.29, 0.717) is 17.0 Å². The third kappa shape index (κ3) is 3.08. The predicted molar refractivity (Wildman–Crippen MR) is 92.8 cm³/mol. The summed E-state index contributed by atoms with van der Waals surface area (Å²) in [5.74, 6) is 0.179. The molecule has 3 aromatic rings. The number of rotatable bonds is 4. The highest BCUT2D eigenvalue weighted by molar-refractivity contribution is 7.90. The highest BCUT2D eigenvalue weighted by Crippen LogP contribution is 2.25. The smallest absolute Gasteiger partial charge is 0.413 e. The summed E-state index contributed by atoms with van der Waals surface area (Å²) in [6, 6.07) is 1.21. The van der Waals surface area contributed by atoms with Crippen LogP contribution in [0.3, 0.4) is 0 Å². The van der Waals surface area contributed by atoms with Crippen LogP contribution in [-0.2, 0) is 9.84 Å². The van der Waals surface area contributed by atoms with Crippen LogP contribution in [-0.4, -0.2) is 56.3 Å². The lowest BCUT2D eigenvalue weighted by molar-refractivity contribution is 0.200. The molecule has 11 heteroatoms. The monoisotopic (exact) mass is 376 g/mol. The molecule has 3 rings (SSSR count). The first-order valence-corrected chi connectivity index (χ1v) is 9.47. The standard InChI is InChI=1S/C15H16N6O4S/c1-9(2)21(15(22)23)13-12-18-8-11(20(12)7-6-16-13)10-4-5-17-14(19-10)26(3,24)25/h4-9H,1-3H3,(H,22,23). The summed E-state index contributed by atoms with van der Waals surface area (Å²) in [7, 11) is -3.56. The fourth-order valence-electron chi connectivity index (χ4n) is 2.48. The van der Waals surface area contributed by atoms with Gasteiger partial charge < -0.3 is 5.11 Å². The van der Waals surface area contributed by atoms with E-state index in [0.717, 1.165) is 11.2 Å². The van der Waals surface area contributed by atoms with Gasteiger partial charge in [-0.3, -0.25) is 9.30 Å². The zero-order valence-electron chi connectivity index (χ0n) is 14.2. The van der Waals surface area contributed by atoms with Gasteiger partial charge in [0.05, 0.1) is 17.6 Å². The zero-order chi connectivity index (χ0) is 19.1. The minimum atomic E-state index is -3.56. The largest absolute Gasteiger partial charge is 0.465 e. The van der Waals surface area contributed by atoms with Crippen LogP contribution in [0.4, 0.5) is 10.6 Å². The minimum Gasteiger partial charge on any atom is -0.465 e. The maximum atomic E-state index is 11.7. The van der Waals surface area contributed by atoms with Crippen molar-refractivity contribution >= 4 is 27.4 Å². The van der Waals surface area contributed by atoms with E-state index in [1.807, 2.05) is 0 Å². The Labute approximate surface area is 149 Å². The Bertz CT molecular complexity index is 1090. The van der Waals surface area contributed by atoms with Crippen LogP contribution in [0.5, 0.6) is 0 Å². The number of anilines is 1. The van der Waals surface area contributed by atoms with E-state index in [-0.39, 0.29) is 17.0 Å². The summed E-state index contributed by atoms with van der Waals surface area (Å²) >= 11 is 0. The molecule has 0 unspecified atom stereocenters. The third-order valence-electron chi connectivity index (χ3n) is 3.59. The Kier molecular flexibility index (Phi) is 4.32. The average Bonchev–Trinajstić information content (AvgIpc) is 2.98. The molecule has 1 N–H and O–H groups in total. The number of hydrogen-bond acceptors (Lipinski definition) is 7. The quantitative estimate of drug-likeness (QED) is 0.678. The molecule has 136 valence electrons. The molecule has 0 saturated carbocycles. The molecule has 0 aromatic carbocycles. The summed E-state index contributed by atoms with van der Waals surface area (Å²) in [4.78, 5) is 28.9. The molecular weight excluding hydrogens is 360 g/mol. The minimum absolute atomic E-state index is 0.179. The van der Waals surface area contributed by atoms with Gasteiger partial charge in [0.2, 0.25) is 15.0 Å². The Morgan fingerprint density at radius 3 is 2.58 bits per heavy atom. The molecule has 0 aliphatic heterocycles. The van der Waals surface area contributed by atoms with Crippen LogP contribution in [0.25, 0.3) is 17.0 Å². The molecule has 3 heterocycles.